The van der Waals surface area contributed by atoms with Gasteiger partial charge in [-0.3, -0.25) is 4.79 Å². The van der Waals surface area contributed by atoms with Crippen molar-refractivity contribution in [2.75, 3.05) is 5.32 Å². The minimum Gasteiger partial charge on any atom is -0.478 e. The van der Waals surface area contributed by atoms with Crippen LogP contribution in [0.1, 0.15) is 27.2 Å². The molecule has 2 aromatic carbocycles. The second-order valence-corrected chi connectivity index (χ2v) is 6.94. The van der Waals surface area contributed by atoms with Crippen LogP contribution in [0.15, 0.2) is 54.1 Å². The highest BCUT2D eigenvalue weighted by atomic mass is 35.5. The monoisotopic (exact) mass is 438 g/mol. The molecule has 7 nitrogen and oxygen atoms in total. The molecule has 0 aliphatic heterocycles. The van der Waals surface area contributed by atoms with E-state index in [0.29, 0.717) is 16.9 Å². The molecule has 0 aliphatic rings. The number of carboxylic acids is 1. The highest BCUT2D eigenvalue weighted by Crippen LogP contribution is 2.24. The molecular formula is C22H16ClFN4O3. The van der Waals surface area contributed by atoms with Gasteiger partial charge in [-0.2, -0.15) is 10.4 Å². The number of hydrogen-bond donors (Lipinski definition) is 2. The van der Waals surface area contributed by atoms with Gasteiger partial charge in [-0.15, -0.1) is 0 Å². The van der Waals surface area contributed by atoms with Gasteiger partial charge in [-0.1, -0.05) is 23.7 Å². The summed E-state index contributed by atoms with van der Waals surface area (Å²) in [6.45, 7) is 1.98. The first-order valence-electron chi connectivity index (χ1n) is 9.02. The maximum Gasteiger partial charge on any atom is 0.335 e. The normalized spacial score (nSPS) is 11.1. The third-order valence-corrected chi connectivity index (χ3v) is 4.80. The Labute approximate surface area is 182 Å². The number of aryl methyl sites for hydroxylation is 1. The van der Waals surface area contributed by atoms with Gasteiger partial charge in [0, 0.05) is 11.3 Å². The molecule has 1 amide bonds. The van der Waals surface area contributed by atoms with E-state index in [0.717, 1.165) is 5.56 Å². The molecule has 0 radical (unpaired) electrons. The van der Waals surface area contributed by atoms with E-state index in [1.54, 1.807) is 19.1 Å². The number of nitrogens with one attached hydrogen (secondary N) is 1. The molecule has 0 bridgehead atoms. The number of nitrogens with zero attached hydrogens (tertiary/aromatic N) is 3. The first-order chi connectivity index (χ1) is 14.8. The zero-order chi connectivity index (χ0) is 22.5. The van der Waals surface area contributed by atoms with Crippen LogP contribution in [-0.4, -0.2) is 26.8 Å². The standard InChI is InChI=1S/C22H16ClFN4O3/c1-13-19(20(23)28(27-13)12-14-2-6-17(24)7-3-14)10-16(11-25)21(29)26-18-8-4-15(5-9-18)22(30)31/h2-10H,12H2,1H3,(H,26,29)(H,30,31)/b16-10+. The molecule has 3 aromatic rings. The molecule has 0 fully saturated rings. The molecule has 9 heteroatoms. The van der Waals surface area contributed by atoms with Gasteiger partial charge in [0.15, 0.2) is 0 Å². The molecule has 156 valence electrons. The quantitative estimate of drug-likeness (QED) is 0.441. The number of rotatable bonds is 6. The van der Waals surface area contributed by atoms with Crippen molar-refractivity contribution in [1.82, 2.24) is 9.78 Å². The average Bonchev–Trinajstić information content (AvgIpc) is 3.00. The van der Waals surface area contributed by atoms with Crippen molar-refractivity contribution in [2.45, 2.75) is 13.5 Å². The molecule has 0 unspecified atom stereocenters. The molecule has 1 heterocycles. The Bertz CT molecular complexity index is 1210. The van der Waals surface area contributed by atoms with Crippen LogP contribution in [0.25, 0.3) is 6.08 Å². The molecule has 0 spiro atoms. The Morgan fingerprint density at radius 3 is 2.45 bits per heavy atom. The summed E-state index contributed by atoms with van der Waals surface area (Å²) in [4.78, 5) is 23.4. The Morgan fingerprint density at radius 1 is 1.23 bits per heavy atom. The molecule has 3 rings (SSSR count). The van der Waals surface area contributed by atoms with Gasteiger partial charge < -0.3 is 10.4 Å². The molecule has 0 atom stereocenters. The SMILES string of the molecule is Cc1nn(Cc2ccc(F)cc2)c(Cl)c1/C=C(\C#N)C(=O)Nc1ccc(C(=O)O)cc1. The van der Waals surface area contributed by atoms with E-state index in [4.69, 9.17) is 16.7 Å². The fourth-order valence-electron chi connectivity index (χ4n) is 2.79. The first-order valence-corrected chi connectivity index (χ1v) is 9.40. The van der Waals surface area contributed by atoms with E-state index in [1.807, 2.05) is 6.07 Å². The Kier molecular flexibility index (Phi) is 6.48. The van der Waals surface area contributed by atoms with Gasteiger partial charge in [-0.25, -0.2) is 13.9 Å². The molecule has 0 aliphatic carbocycles. The summed E-state index contributed by atoms with van der Waals surface area (Å²) in [6, 6.07) is 13.3. The maximum atomic E-state index is 13.1. The summed E-state index contributed by atoms with van der Waals surface area (Å²) < 4.78 is 14.6. The van der Waals surface area contributed by atoms with E-state index in [9.17, 15) is 19.2 Å². The number of halogens is 2. The summed E-state index contributed by atoms with van der Waals surface area (Å²) in [6.07, 6.45) is 1.34. The van der Waals surface area contributed by atoms with Crippen molar-refractivity contribution in [2.24, 2.45) is 0 Å². The lowest BCUT2D eigenvalue weighted by Gasteiger charge is -2.05. The molecule has 0 saturated carbocycles. The zero-order valence-electron chi connectivity index (χ0n) is 16.3. The van der Waals surface area contributed by atoms with Crippen LogP contribution < -0.4 is 5.32 Å². The summed E-state index contributed by atoms with van der Waals surface area (Å²) >= 11 is 6.41. The van der Waals surface area contributed by atoms with Crippen LogP contribution in [-0.2, 0) is 11.3 Å². The number of aromatic carboxylic acids is 1. The Morgan fingerprint density at radius 2 is 1.87 bits per heavy atom. The Hall–Kier alpha value is -3.96. The molecule has 0 saturated heterocycles. The topological polar surface area (TPSA) is 108 Å². The summed E-state index contributed by atoms with van der Waals surface area (Å²) in [5, 5.41) is 25.5. The van der Waals surface area contributed by atoms with Crippen LogP contribution in [0.3, 0.4) is 0 Å². The van der Waals surface area contributed by atoms with E-state index >= 15 is 0 Å². The fourth-order valence-corrected chi connectivity index (χ4v) is 3.08. The number of benzene rings is 2. The summed E-state index contributed by atoms with van der Waals surface area (Å²) in [7, 11) is 0. The smallest absolute Gasteiger partial charge is 0.335 e. The third kappa shape index (κ3) is 5.15. The van der Waals surface area contributed by atoms with Crippen LogP contribution in [0.2, 0.25) is 5.15 Å². The van der Waals surface area contributed by atoms with E-state index in [2.05, 4.69) is 10.4 Å². The summed E-state index contributed by atoms with van der Waals surface area (Å²) in [5.74, 6) is -2.11. The number of amides is 1. The highest BCUT2D eigenvalue weighted by molar-refractivity contribution is 6.31. The van der Waals surface area contributed by atoms with Crippen LogP contribution in [0.5, 0.6) is 0 Å². The van der Waals surface area contributed by atoms with Crippen molar-refractivity contribution in [3.8, 4) is 6.07 Å². The molecule has 31 heavy (non-hydrogen) atoms. The Balaban J connectivity index is 1.82. The van der Waals surface area contributed by atoms with Gasteiger partial charge in [0.05, 0.1) is 17.8 Å². The van der Waals surface area contributed by atoms with E-state index in [1.165, 1.54) is 47.2 Å². The van der Waals surface area contributed by atoms with Gasteiger partial charge in [0.25, 0.3) is 5.91 Å². The number of carbonyl (C=O) groups is 2. The van der Waals surface area contributed by atoms with Crippen molar-refractivity contribution in [3.63, 3.8) is 0 Å². The maximum absolute atomic E-state index is 13.1. The third-order valence-electron chi connectivity index (χ3n) is 4.40. The lowest BCUT2D eigenvalue weighted by Crippen LogP contribution is -2.13. The minimum absolute atomic E-state index is 0.0741. The van der Waals surface area contributed by atoms with Crippen LogP contribution in [0, 0.1) is 24.1 Å². The van der Waals surface area contributed by atoms with Crippen molar-refractivity contribution < 1.29 is 19.1 Å². The van der Waals surface area contributed by atoms with Gasteiger partial charge in [0.2, 0.25) is 0 Å². The average molecular weight is 439 g/mol. The molecular weight excluding hydrogens is 423 g/mol. The predicted molar refractivity (Wildman–Crippen MR) is 113 cm³/mol. The van der Waals surface area contributed by atoms with Gasteiger partial charge in [-0.05, 0) is 55.0 Å². The second-order valence-electron chi connectivity index (χ2n) is 6.58. The van der Waals surface area contributed by atoms with Crippen molar-refractivity contribution >= 4 is 35.2 Å². The minimum atomic E-state index is -1.08. The highest BCUT2D eigenvalue weighted by Gasteiger charge is 2.16. The predicted octanol–water partition coefficient (Wildman–Crippen LogP) is 4.28. The summed E-state index contributed by atoms with van der Waals surface area (Å²) in [5.41, 5.74) is 1.92. The second kappa shape index (κ2) is 9.24. The van der Waals surface area contributed by atoms with Crippen molar-refractivity contribution in [3.05, 3.63) is 87.5 Å². The lowest BCUT2D eigenvalue weighted by molar-refractivity contribution is -0.112. The molecule has 2 N–H and O–H groups in total. The number of hydrogen-bond acceptors (Lipinski definition) is 4. The zero-order valence-corrected chi connectivity index (χ0v) is 17.0. The fraction of sp³-hybridized carbons (Fsp3) is 0.0909. The number of carbonyl (C=O) groups excluding carboxylic acids is 1. The number of anilines is 1. The lowest BCUT2D eigenvalue weighted by atomic mass is 10.1. The number of carboxylic acid groups (broad SMARTS) is 1. The first kappa shape index (κ1) is 21.7. The van der Waals surface area contributed by atoms with Gasteiger partial charge >= 0.3 is 5.97 Å². The van der Waals surface area contributed by atoms with Crippen molar-refractivity contribution in [1.29, 1.82) is 5.26 Å². The van der Waals surface area contributed by atoms with Crippen LogP contribution in [0.4, 0.5) is 10.1 Å². The molecule has 1 aromatic heterocycles. The van der Waals surface area contributed by atoms with E-state index < -0.39 is 11.9 Å². The number of aromatic nitrogens is 2. The number of nitriles is 1. The van der Waals surface area contributed by atoms with Crippen LogP contribution >= 0.6 is 11.6 Å². The van der Waals surface area contributed by atoms with Gasteiger partial charge in [0.1, 0.15) is 22.6 Å². The van der Waals surface area contributed by atoms with E-state index in [-0.39, 0.29) is 28.7 Å². The largest absolute Gasteiger partial charge is 0.478 e.